The van der Waals surface area contributed by atoms with Crippen molar-refractivity contribution in [1.29, 1.82) is 0 Å². The Kier molecular flexibility index (Phi) is 5.55. The lowest BCUT2D eigenvalue weighted by Crippen LogP contribution is -2.27. The fourth-order valence-electron chi connectivity index (χ4n) is 3.45. The summed E-state index contributed by atoms with van der Waals surface area (Å²) >= 11 is 0. The Bertz CT molecular complexity index is 1310. The van der Waals surface area contributed by atoms with Crippen molar-refractivity contribution in [3.05, 3.63) is 96.1 Å². The number of benzene rings is 3. The Balaban J connectivity index is 1.72. The Morgan fingerprint density at radius 3 is 2.00 bits per heavy atom. The highest BCUT2D eigenvalue weighted by atomic mass is 32.2. The Morgan fingerprint density at radius 1 is 0.839 bits per heavy atom. The van der Waals surface area contributed by atoms with Crippen molar-refractivity contribution in [1.82, 2.24) is 4.41 Å². The Morgan fingerprint density at radius 2 is 1.42 bits per heavy atom. The van der Waals surface area contributed by atoms with Crippen LogP contribution < -0.4 is 4.72 Å². The number of hydrogen-bond donors (Lipinski definition) is 1. The van der Waals surface area contributed by atoms with Gasteiger partial charge < -0.3 is 0 Å². The van der Waals surface area contributed by atoms with Crippen LogP contribution in [0.4, 0.5) is 5.69 Å². The van der Waals surface area contributed by atoms with Crippen LogP contribution in [0.1, 0.15) is 23.6 Å². The number of anilines is 1. The number of hydrogen-bond acceptors (Lipinski definition) is 5. The van der Waals surface area contributed by atoms with Crippen molar-refractivity contribution in [3.8, 4) is 0 Å². The maximum absolute atomic E-state index is 13.3. The second-order valence-corrected chi connectivity index (χ2v) is 10.8. The second-order valence-electron chi connectivity index (χ2n) is 7.22. The first-order chi connectivity index (χ1) is 14.7. The number of nitrogens with one attached hydrogen (secondary N) is 1. The van der Waals surface area contributed by atoms with E-state index < -0.39 is 26.1 Å². The summed E-state index contributed by atoms with van der Waals surface area (Å²) in [6, 6.07) is 23.8. The van der Waals surface area contributed by atoms with E-state index in [2.05, 4.69) is 9.82 Å². The van der Waals surface area contributed by atoms with Gasteiger partial charge in [-0.3, -0.25) is 4.72 Å². The van der Waals surface area contributed by atoms with Crippen LogP contribution in [0.15, 0.2) is 94.9 Å². The molecule has 0 saturated carbocycles. The molecule has 1 N–H and O–H groups in total. The summed E-state index contributed by atoms with van der Waals surface area (Å²) in [6.45, 7) is 0. The van der Waals surface area contributed by atoms with Crippen molar-refractivity contribution in [2.75, 3.05) is 11.0 Å². The lowest BCUT2D eigenvalue weighted by Gasteiger charge is -2.23. The summed E-state index contributed by atoms with van der Waals surface area (Å²) in [7, 11) is -7.24. The number of sulfonamides is 2. The summed E-state index contributed by atoms with van der Waals surface area (Å²) in [5, 5.41) is 4.49. The molecule has 0 aromatic heterocycles. The molecule has 3 aromatic rings. The van der Waals surface area contributed by atoms with Crippen LogP contribution in [-0.4, -0.2) is 33.2 Å². The SMILES string of the molecule is CS(=O)(=O)Nc1ccc(C2=NN(S(=O)(=O)c3ccccc3)C(c3ccccc3)C2)cc1. The summed E-state index contributed by atoms with van der Waals surface area (Å²) < 4.78 is 53.1. The van der Waals surface area contributed by atoms with Gasteiger partial charge in [-0.05, 0) is 35.4 Å². The maximum atomic E-state index is 13.3. The average Bonchev–Trinajstić information content (AvgIpc) is 3.21. The number of rotatable bonds is 6. The molecule has 3 aromatic carbocycles. The highest BCUT2D eigenvalue weighted by molar-refractivity contribution is 7.92. The summed E-state index contributed by atoms with van der Waals surface area (Å²) in [6.07, 6.45) is 1.48. The minimum absolute atomic E-state index is 0.175. The molecular formula is C22H21N3O4S2. The summed E-state index contributed by atoms with van der Waals surface area (Å²) in [5.74, 6) is 0. The van der Waals surface area contributed by atoms with E-state index in [0.717, 1.165) is 17.4 Å². The largest absolute Gasteiger partial charge is 0.284 e. The predicted octanol–water partition coefficient (Wildman–Crippen LogP) is 3.60. The first kappa shape index (κ1) is 21.1. The van der Waals surface area contributed by atoms with E-state index in [1.807, 2.05) is 30.3 Å². The standard InChI is InChI=1S/C22H21N3O4S2/c1-30(26,27)24-19-14-12-17(13-15-19)21-16-22(18-8-4-2-5-9-18)25(23-21)31(28,29)20-10-6-3-7-11-20/h2-15,22,24H,16H2,1H3. The van der Waals surface area contributed by atoms with Crippen LogP contribution in [-0.2, 0) is 20.0 Å². The molecule has 7 nitrogen and oxygen atoms in total. The van der Waals surface area contributed by atoms with E-state index in [1.54, 1.807) is 54.6 Å². The monoisotopic (exact) mass is 455 g/mol. The fraction of sp³-hybridized carbons (Fsp3) is 0.136. The highest BCUT2D eigenvalue weighted by Gasteiger charge is 2.37. The zero-order valence-corrected chi connectivity index (χ0v) is 18.3. The molecular weight excluding hydrogens is 434 g/mol. The number of nitrogens with zero attached hydrogens (tertiary/aromatic N) is 2. The molecule has 1 unspecified atom stereocenters. The van der Waals surface area contributed by atoms with Crippen molar-refractivity contribution in [3.63, 3.8) is 0 Å². The normalized spacial score (nSPS) is 16.7. The van der Waals surface area contributed by atoms with E-state index in [0.29, 0.717) is 17.8 Å². The van der Waals surface area contributed by atoms with Crippen LogP contribution in [0.2, 0.25) is 0 Å². The smallest absolute Gasteiger partial charge is 0.279 e. The molecule has 9 heteroatoms. The molecule has 0 radical (unpaired) electrons. The van der Waals surface area contributed by atoms with E-state index >= 15 is 0 Å². The van der Waals surface area contributed by atoms with Crippen molar-refractivity contribution < 1.29 is 16.8 Å². The molecule has 160 valence electrons. The van der Waals surface area contributed by atoms with Crippen molar-refractivity contribution in [2.24, 2.45) is 5.10 Å². The maximum Gasteiger partial charge on any atom is 0.279 e. The van der Waals surface area contributed by atoms with Gasteiger partial charge in [0.1, 0.15) is 0 Å². The van der Waals surface area contributed by atoms with Crippen molar-refractivity contribution in [2.45, 2.75) is 17.4 Å². The van der Waals surface area contributed by atoms with Gasteiger partial charge in [-0.25, -0.2) is 8.42 Å². The molecule has 0 aliphatic carbocycles. The first-order valence-electron chi connectivity index (χ1n) is 9.54. The molecule has 1 aliphatic rings. The van der Waals surface area contributed by atoms with Gasteiger partial charge >= 0.3 is 0 Å². The van der Waals surface area contributed by atoms with Gasteiger partial charge in [-0.2, -0.15) is 17.9 Å². The lowest BCUT2D eigenvalue weighted by atomic mass is 9.99. The third-order valence-corrected chi connectivity index (χ3v) is 7.17. The van der Waals surface area contributed by atoms with Crippen LogP contribution in [0.5, 0.6) is 0 Å². The van der Waals surface area contributed by atoms with E-state index in [-0.39, 0.29) is 4.90 Å². The van der Waals surface area contributed by atoms with Crippen molar-refractivity contribution >= 4 is 31.4 Å². The molecule has 0 bridgehead atoms. The zero-order valence-electron chi connectivity index (χ0n) is 16.7. The third kappa shape index (κ3) is 4.62. The molecule has 0 fully saturated rings. The zero-order chi connectivity index (χ0) is 22.1. The van der Waals surface area contributed by atoms with Crippen LogP contribution in [0.25, 0.3) is 0 Å². The first-order valence-corrected chi connectivity index (χ1v) is 12.9. The van der Waals surface area contributed by atoms with Gasteiger partial charge in [0.15, 0.2) is 0 Å². The molecule has 0 saturated heterocycles. The molecule has 0 spiro atoms. The minimum atomic E-state index is -3.85. The van der Waals surface area contributed by atoms with Crippen LogP contribution in [0, 0.1) is 0 Å². The molecule has 0 amide bonds. The van der Waals surface area contributed by atoms with Gasteiger partial charge in [-0.1, -0.05) is 60.7 Å². The third-order valence-electron chi connectivity index (χ3n) is 4.87. The predicted molar refractivity (Wildman–Crippen MR) is 121 cm³/mol. The van der Waals surface area contributed by atoms with Crippen LogP contribution in [0.3, 0.4) is 0 Å². The van der Waals surface area contributed by atoms with Gasteiger partial charge in [0.05, 0.1) is 22.9 Å². The van der Waals surface area contributed by atoms with Gasteiger partial charge in [0.2, 0.25) is 10.0 Å². The lowest BCUT2D eigenvalue weighted by molar-refractivity contribution is 0.371. The molecule has 31 heavy (non-hydrogen) atoms. The quantitative estimate of drug-likeness (QED) is 0.614. The molecule has 1 aliphatic heterocycles. The summed E-state index contributed by atoms with van der Waals surface area (Å²) in [4.78, 5) is 0.175. The van der Waals surface area contributed by atoms with Gasteiger partial charge in [0.25, 0.3) is 10.0 Å². The molecule has 1 atom stereocenters. The Labute approximate surface area is 182 Å². The Hall–Kier alpha value is -3.17. The summed E-state index contributed by atoms with van der Waals surface area (Å²) in [5.41, 5.74) is 2.61. The molecule has 1 heterocycles. The molecule has 4 rings (SSSR count). The van der Waals surface area contributed by atoms with Gasteiger partial charge in [0, 0.05) is 12.1 Å². The number of hydrazone groups is 1. The fourth-order valence-corrected chi connectivity index (χ4v) is 5.47. The topological polar surface area (TPSA) is 95.9 Å². The van der Waals surface area contributed by atoms with Gasteiger partial charge in [-0.15, -0.1) is 0 Å². The van der Waals surface area contributed by atoms with E-state index in [4.69, 9.17) is 0 Å². The second kappa shape index (κ2) is 8.16. The highest BCUT2D eigenvalue weighted by Crippen LogP contribution is 2.37. The van der Waals surface area contributed by atoms with E-state index in [9.17, 15) is 16.8 Å². The average molecular weight is 456 g/mol. The minimum Gasteiger partial charge on any atom is -0.284 e. The van der Waals surface area contributed by atoms with Crippen LogP contribution >= 0.6 is 0 Å². The van der Waals surface area contributed by atoms with E-state index in [1.165, 1.54) is 4.41 Å².